The van der Waals surface area contributed by atoms with Gasteiger partial charge in [0.25, 0.3) is 0 Å². The highest BCUT2D eigenvalue weighted by atomic mass is 16.3. The van der Waals surface area contributed by atoms with Crippen molar-refractivity contribution in [2.45, 2.75) is 32.2 Å². The molecule has 2 heterocycles. The third kappa shape index (κ3) is 2.56. The number of benzene rings is 1. The van der Waals surface area contributed by atoms with Crippen LogP contribution in [0, 0.1) is 0 Å². The molecule has 0 radical (unpaired) electrons. The molecule has 0 spiro atoms. The molecule has 2 N–H and O–H groups in total. The molecular formula is C16H20N4O. The second-order valence-electron chi connectivity index (χ2n) is 6.41. The first-order valence-electron chi connectivity index (χ1n) is 7.00. The number of rotatable bonds is 2. The van der Waals surface area contributed by atoms with Crippen LogP contribution in [0.3, 0.4) is 0 Å². The van der Waals surface area contributed by atoms with Crippen molar-refractivity contribution in [3.05, 3.63) is 47.6 Å². The van der Waals surface area contributed by atoms with Crippen molar-refractivity contribution in [3.8, 4) is 0 Å². The SMILES string of the molecule is Cn1cc(C(N)c2nc3cc(C(C)(C)C)ccc3o2)cn1. The Kier molecular flexibility index (Phi) is 3.10. The molecule has 0 saturated heterocycles. The molecule has 0 aliphatic heterocycles. The van der Waals surface area contributed by atoms with Crippen LogP contribution in [-0.2, 0) is 12.5 Å². The Labute approximate surface area is 123 Å². The van der Waals surface area contributed by atoms with E-state index in [1.807, 2.05) is 19.3 Å². The number of nitrogens with zero attached hydrogens (tertiary/aromatic N) is 3. The van der Waals surface area contributed by atoms with Gasteiger partial charge in [-0.25, -0.2) is 4.98 Å². The van der Waals surface area contributed by atoms with Gasteiger partial charge in [0, 0.05) is 18.8 Å². The van der Waals surface area contributed by atoms with Gasteiger partial charge in [0.1, 0.15) is 11.6 Å². The molecule has 0 fully saturated rings. The van der Waals surface area contributed by atoms with Crippen molar-refractivity contribution in [1.82, 2.24) is 14.8 Å². The van der Waals surface area contributed by atoms with Gasteiger partial charge in [0.15, 0.2) is 5.58 Å². The summed E-state index contributed by atoms with van der Waals surface area (Å²) in [5.74, 6) is 0.518. The summed E-state index contributed by atoms with van der Waals surface area (Å²) in [4.78, 5) is 4.54. The highest BCUT2D eigenvalue weighted by molar-refractivity contribution is 5.74. The largest absolute Gasteiger partial charge is 0.439 e. The standard InChI is InChI=1S/C16H20N4O/c1-16(2,3)11-5-6-13-12(7-11)19-15(21-13)14(17)10-8-18-20(4)9-10/h5-9,14H,17H2,1-4H3. The number of oxazole rings is 1. The smallest absolute Gasteiger partial charge is 0.217 e. The van der Waals surface area contributed by atoms with E-state index in [1.54, 1.807) is 10.9 Å². The van der Waals surface area contributed by atoms with E-state index in [0.717, 1.165) is 16.7 Å². The van der Waals surface area contributed by atoms with Crippen LogP contribution in [0.25, 0.3) is 11.1 Å². The van der Waals surface area contributed by atoms with Crippen LogP contribution in [-0.4, -0.2) is 14.8 Å². The van der Waals surface area contributed by atoms with Crippen LogP contribution >= 0.6 is 0 Å². The van der Waals surface area contributed by atoms with E-state index in [4.69, 9.17) is 10.2 Å². The van der Waals surface area contributed by atoms with Gasteiger partial charge in [-0.3, -0.25) is 4.68 Å². The van der Waals surface area contributed by atoms with Gasteiger partial charge in [-0.15, -0.1) is 0 Å². The number of hydrogen-bond donors (Lipinski definition) is 1. The summed E-state index contributed by atoms with van der Waals surface area (Å²) in [5.41, 5.74) is 10.0. The lowest BCUT2D eigenvalue weighted by atomic mass is 9.87. The van der Waals surface area contributed by atoms with Crippen molar-refractivity contribution in [1.29, 1.82) is 0 Å². The number of aromatic nitrogens is 3. The average molecular weight is 284 g/mol. The fourth-order valence-electron chi connectivity index (χ4n) is 2.29. The normalized spacial score (nSPS) is 13.8. The molecule has 1 unspecified atom stereocenters. The van der Waals surface area contributed by atoms with Gasteiger partial charge in [-0.2, -0.15) is 5.10 Å². The zero-order valence-corrected chi connectivity index (χ0v) is 12.8. The zero-order valence-electron chi connectivity index (χ0n) is 12.8. The number of aryl methyl sites for hydroxylation is 1. The van der Waals surface area contributed by atoms with E-state index in [1.165, 1.54) is 5.56 Å². The molecule has 0 bridgehead atoms. The Bertz CT molecular complexity index is 779. The minimum Gasteiger partial charge on any atom is -0.439 e. The first-order valence-corrected chi connectivity index (χ1v) is 7.00. The minimum atomic E-state index is -0.399. The van der Waals surface area contributed by atoms with Crippen LogP contribution in [0.4, 0.5) is 0 Å². The van der Waals surface area contributed by atoms with Gasteiger partial charge in [0.2, 0.25) is 5.89 Å². The predicted molar refractivity (Wildman–Crippen MR) is 81.9 cm³/mol. The van der Waals surface area contributed by atoms with Gasteiger partial charge in [-0.05, 0) is 23.1 Å². The average Bonchev–Trinajstić information content (AvgIpc) is 3.01. The summed E-state index contributed by atoms with van der Waals surface area (Å²) in [6, 6.07) is 5.71. The summed E-state index contributed by atoms with van der Waals surface area (Å²) >= 11 is 0. The Morgan fingerprint density at radius 1 is 1.29 bits per heavy atom. The molecule has 5 heteroatoms. The van der Waals surface area contributed by atoms with E-state index in [0.29, 0.717) is 5.89 Å². The molecule has 5 nitrogen and oxygen atoms in total. The van der Waals surface area contributed by atoms with Crippen LogP contribution in [0.1, 0.15) is 43.8 Å². The molecule has 2 aromatic heterocycles. The Hall–Kier alpha value is -2.14. The van der Waals surface area contributed by atoms with Gasteiger partial charge in [0.05, 0.1) is 6.20 Å². The fourth-order valence-corrected chi connectivity index (χ4v) is 2.29. The van der Waals surface area contributed by atoms with Crippen molar-refractivity contribution in [2.75, 3.05) is 0 Å². The molecular weight excluding hydrogens is 264 g/mol. The fraction of sp³-hybridized carbons (Fsp3) is 0.375. The molecule has 110 valence electrons. The molecule has 3 rings (SSSR count). The van der Waals surface area contributed by atoms with E-state index in [-0.39, 0.29) is 5.41 Å². The quantitative estimate of drug-likeness (QED) is 0.785. The highest BCUT2D eigenvalue weighted by Crippen LogP contribution is 2.28. The van der Waals surface area contributed by atoms with Crippen molar-refractivity contribution in [2.24, 2.45) is 12.8 Å². The summed E-state index contributed by atoms with van der Waals surface area (Å²) in [5, 5.41) is 4.13. The summed E-state index contributed by atoms with van der Waals surface area (Å²) < 4.78 is 7.51. The number of nitrogens with two attached hydrogens (primary N) is 1. The van der Waals surface area contributed by atoms with Crippen LogP contribution < -0.4 is 5.73 Å². The van der Waals surface area contributed by atoms with Gasteiger partial charge >= 0.3 is 0 Å². The molecule has 0 aliphatic rings. The molecule has 3 aromatic rings. The molecule has 1 aromatic carbocycles. The van der Waals surface area contributed by atoms with Crippen molar-refractivity contribution < 1.29 is 4.42 Å². The lowest BCUT2D eigenvalue weighted by Crippen LogP contribution is -2.11. The highest BCUT2D eigenvalue weighted by Gasteiger charge is 2.19. The third-order valence-electron chi connectivity index (χ3n) is 3.62. The Morgan fingerprint density at radius 2 is 2.05 bits per heavy atom. The lowest BCUT2D eigenvalue weighted by Gasteiger charge is -2.18. The van der Waals surface area contributed by atoms with Crippen LogP contribution in [0.15, 0.2) is 35.0 Å². The van der Waals surface area contributed by atoms with E-state index in [9.17, 15) is 0 Å². The maximum absolute atomic E-state index is 6.21. The lowest BCUT2D eigenvalue weighted by molar-refractivity contribution is 0.504. The first-order chi connectivity index (χ1) is 9.84. The second kappa shape index (κ2) is 4.70. The van der Waals surface area contributed by atoms with Crippen molar-refractivity contribution in [3.63, 3.8) is 0 Å². The zero-order chi connectivity index (χ0) is 15.2. The monoisotopic (exact) mass is 284 g/mol. The maximum atomic E-state index is 6.21. The molecule has 0 saturated carbocycles. The molecule has 0 aliphatic carbocycles. The van der Waals surface area contributed by atoms with Crippen molar-refractivity contribution >= 4 is 11.1 Å². The summed E-state index contributed by atoms with van der Waals surface area (Å²) in [6.45, 7) is 6.53. The number of fused-ring (bicyclic) bond motifs is 1. The van der Waals surface area contributed by atoms with Crippen LogP contribution in [0.5, 0.6) is 0 Å². The summed E-state index contributed by atoms with van der Waals surface area (Å²) in [7, 11) is 1.86. The second-order valence-corrected chi connectivity index (χ2v) is 6.41. The van der Waals surface area contributed by atoms with E-state index < -0.39 is 6.04 Å². The molecule has 0 amide bonds. The maximum Gasteiger partial charge on any atom is 0.217 e. The predicted octanol–water partition coefficient (Wildman–Crippen LogP) is 2.91. The van der Waals surface area contributed by atoms with Gasteiger partial charge in [-0.1, -0.05) is 26.8 Å². The van der Waals surface area contributed by atoms with E-state index in [2.05, 4.69) is 43.0 Å². The number of hydrogen-bond acceptors (Lipinski definition) is 4. The first kappa shape index (κ1) is 13.8. The topological polar surface area (TPSA) is 69.9 Å². The van der Waals surface area contributed by atoms with Crippen LogP contribution in [0.2, 0.25) is 0 Å². The summed E-state index contributed by atoms with van der Waals surface area (Å²) in [6.07, 6.45) is 3.61. The molecule has 1 atom stereocenters. The molecule has 21 heavy (non-hydrogen) atoms. The van der Waals surface area contributed by atoms with E-state index >= 15 is 0 Å². The Balaban J connectivity index is 2.01. The third-order valence-corrected chi connectivity index (χ3v) is 3.62. The van der Waals surface area contributed by atoms with Gasteiger partial charge < -0.3 is 10.2 Å². The Morgan fingerprint density at radius 3 is 2.67 bits per heavy atom. The minimum absolute atomic E-state index is 0.0821.